The number of ether oxygens (including phenoxy) is 2. The second kappa shape index (κ2) is 6.56. The predicted octanol–water partition coefficient (Wildman–Crippen LogP) is 4.44. The van der Waals surface area contributed by atoms with Crippen LogP contribution in [0.25, 0.3) is 33.1 Å². The lowest BCUT2D eigenvalue weighted by atomic mass is 10.0. The van der Waals surface area contributed by atoms with Crippen molar-refractivity contribution in [1.29, 1.82) is 5.26 Å². The molecule has 27 heavy (non-hydrogen) atoms. The van der Waals surface area contributed by atoms with Crippen molar-refractivity contribution < 1.29 is 9.47 Å². The largest absolute Gasteiger partial charge is 0.493 e. The summed E-state index contributed by atoms with van der Waals surface area (Å²) in [6, 6.07) is 11.5. The first-order valence-corrected chi connectivity index (χ1v) is 8.94. The Morgan fingerprint density at radius 3 is 2.52 bits per heavy atom. The van der Waals surface area contributed by atoms with Gasteiger partial charge in [0.2, 0.25) is 0 Å². The molecule has 0 aliphatic heterocycles. The lowest BCUT2D eigenvalue weighted by Gasteiger charge is -2.10. The van der Waals surface area contributed by atoms with E-state index in [1.54, 1.807) is 31.2 Å². The van der Waals surface area contributed by atoms with E-state index in [1.807, 2.05) is 31.3 Å². The Morgan fingerprint density at radius 1 is 1.11 bits per heavy atom. The highest BCUT2D eigenvalue weighted by Crippen LogP contribution is 2.38. The van der Waals surface area contributed by atoms with E-state index in [0.29, 0.717) is 17.1 Å². The molecule has 0 aliphatic carbocycles. The van der Waals surface area contributed by atoms with Gasteiger partial charge in [-0.2, -0.15) is 10.4 Å². The molecule has 0 radical (unpaired) electrons. The van der Waals surface area contributed by atoms with Crippen molar-refractivity contribution >= 4 is 37.7 Å². The molecule has 0 aliphatic rings. The molecular formula is C20H15BrN4O2. The average Bonchev–Trinajstić information content (AvgIpc) is 3.03. The van der Waals surface area contributed by atoms with Crippen LogP contribution >= 0.6 is 15.9 Å². The highest BCUT2D eigenvalue weighted by atomic mass is 79.9. The van der Waals surface area contributed by atoms with Gasteiger partial charge in [0.25, 0.3) is 0 Å². The van der Waals surface area contributed by atoms with Gasteiger partial charge in [0, 0.05) is 33.9 Å². The minimum absolute atomic E-state index is 0.580. The Labute approximate surface area is 164 Å². The van der Waals surface area contributed by atoms with Gasteiger partial charge in [-0.05, 0) is 34.1 Å². The first kappa shape index (κ1) is 17.3. The molecular weight excluding hydrogens is 408 g/mol. The fourth-order valence-corrected chi connectivity index (χ4v) is 3.68. The Balaban J connectivity index is 2.08. The Hall–Kier alpha value is -3.11. The fraction of sp³-hybridized carbons (Fsp3) is 0.150. The van der Waals surface area contributed by atoms with Gasteiger partial charge < -0.3 is 9.47 Å². The lowest BCUT2D eigenvalue weighted by Crippen LogP contribution is -1.93. The smallest absolute Gasteiger partial charge is 0.162 e. The summed E-state index contributed by atoms with van der Waals surface area (Å²) in [7, 11) is 5.10. The minimum atomic E-state index is 0.580. The number of fused-ring (bicyclic) bond motifs is 3. The average molecular weight is 423 g/mol. The first-order valence-electron chi connectivity index (χ1n) is 8.14. The molecule has 4 aromatic rings. The van der Waals surface area contributed by atoms with Gasteiger partial charge in [-0.25, -0.2) is 0 Å². The summed E-state index contributed by atoms with van der Waals surface area (Å²) in [5.41, 5.74) is 4.01. The van der Waals surface area contributed by atoms with Crippen molar-refractivity contribution in [3.05, 3.63) is 46.6 Å². The second-order valence-electron chi connectivity index (χ2n) is 6.02. The van der Waals surface area contributed by atoms with Crippen LogP contribution in [0.1, 0.15) is 5.56 Å². The maximum Gasteiger partial charge on any atom is 0.162 e. The topological polar surface area (TPSA) is 73.0 Å². The van der Waals surface area contributed by atoms with Crippen molar-refractivity contribution in [3.63, 3.8) is 0 Å². The Kier molecular flexibility index (Phi) is 4.21. The van der Waals surface area contributed by atoms with Crippen LogP contribution in [-0.2, 0) is 7.05 Å². The molecule has 0 atom stereocenters. The van der Waals surface area contributed by atoms with E-state index in [9.17, 15) is 5.26 Å². The zero-order valence-corrected chi connectivity index (χ0v) is 16.5. The van der Waals surface area contributed by atoms with Gasteiger partial charge in [0.15, 0.2) is 11.5 Å². The highest BCUT2D eigenvalue weighted by molar-refractivity contribution is 9.10. The van der Waals surface area contributed by atoms with E-state index in [4.69, 9.17) is 14.6 Å². The van der Waals surface area contributed by atoms with Crippen LogP contribution in [0.5, 0.6) is 11.5 Å². The molecule has 0 spiro atoms. The monoisotopic (exact) mass is 422 g/mol. The van der Waals surface area contributed by atoms with Gasteiger partial charge in [-0.15, -0.1) is 0 Å². The Bertz CT molecular complexity index is 1240. The van der Waals surface area contributed by atoms with Crippen LogP contribution in [0.15, 0.2) is 41.0 Å². The van der Waals surface area contributed by atoms with Gasteiger partial charge in [-0.3, -0.25) is 9.67 Å². The fourth-order valence-electron chi connectivity index (χ4n) is 3.21. The van der Waals surface area contributed by atoms with Crippen molar-refractivity contribution in [2.75, 3.05) is 14.2 Å². The van der Waals surface area contributed by atoms with Crippen LogP contribution < -0.4 is 9.47 Å². The van der Waals surface area contributed by atoms with Gasteiger partial charge in [0.05, 0.1) is 37.0 Å². The molecule has 0 N–H and O–H groups in total. The number of hydrogen-bond acceptors (Lipinski definition) is 5. The number of benzene rings is 2. The normalized spacial score (nSPS) is 10.9. The third-order valence-corrected chi connectivity index (χ3v) is 5.21. The third-order valence-electron chi connectivity index (χ3n) is 4.55. The number of methoxy groups -OCH3 is 2. The molecule has 0 unspecified atom stereocenters. The number of aryl methyl sites for hydroxylation is 1. The third kappa shape index (κ3) is 2.69. The van der Waals surface area contributed by atoms with E-state index >= 15 is 0 Å². The van der Waals surface area contributed by atoms with Crippen molar-refractivity contribution in [2.45, 2.75) is 0 Å². The van der Waals surface area contributed by atoms with E-state index in [-0.39, 0.29) is 0 Å². The molecule has 4 rings (SSSR count). The molecule has 7 heteroatoms. The maximum atomic E-state index is 9.17. The van der Waals surface area contributed by atoms with E-state index in [2.05, 4.69) is 27.0 Å². The molecule has 2 aromatic heterocycles. The van der Waals surface area contributed by atoms with Crippen LogP contribution in [0, 0.1) is 11.3 Å². The molecule has 6 nitrogen and oxygen atoms in total. The number of nitrogens with zero attached hydrogens (tertiary/aromatic N) is 4. The van der Waals surface area contributed by atoms with E-state index < -0.39 is 0 Å². The Morgan fingerprint density at radius 2 is 1.85 bits per heavy atom. The summed E-state index contributed by atoms with van der Waals surface area (Å²) >= 11 is 3.46. The first-order chi connectivity index (χ1) is 13.1. The standard InChI is InChI=1S/C20H15BrN4O2/c1-25-16-10-23-15-8-18(27-3)17(26-2)7-13(15)19(16)20(24-25)11-4-5-12(9-22)14(21)6-11/h4-8,10H,1-3H3. The second-order valence-corrected chi connectivity index (χ2v) is 6.88. The summed E-state index contributed by atoms with van der Waals surface area (Å²) in [5, 5.41) is 15.8. The van der Waals surface area contributed by atoms with E-state index in [1.165, 1.54) is 0 Å². The van der Waals surface area contributed by atoms with Crippen molar-refractivity contribution in [1.82, 2.24) is 14.8 Å². The summed E-state index contributed by atoms with van der Waals surface area (Å²) in [6.07, 6.45) is 1.80. The number of nitriles is 1. The van der Waals surface area contributed by atoms with Crippen molar-refractivity contribution in [3.8, 4) is 28.8 Å². The summed E-state index contributed by atoms with van der Waals surface area (Å²) in [6.45, 7) is 0. The lowest BCUT2D eigenvalue weighted by molar-refractivity contribution is 0.356. The number of aromatic nitrogens is 3. The molecule has 2 aromatic carbocycles. The summed E-state index contributed by atoms with van der Waals surface area (Å²) in [4.78, 5) is 4.56. The molecule has 0 saturated carbocycles. The molecule has 0 bridgehead atoms. The number of halogens is 1. The van der Waals surface area contributed by atoms with Crippen LogP contribution in [0.4, 0.5) is 0 Å². The van der Waals surface area contributed by atoms with Gasteiger partial charge >= 0.3 is 0 Å². The van der Waals surface area contributed by atoms with Crippen LogP contribution in [0.2, 0.25) is 0 Å². The predicted molar refractivity (Wildman–Crippen MR) is 107 cm³/mol. The number of rotatable bonds is 3. The van der Waals surface area contributed by atoms with Gasteiger partial charge in [-0.1, -0.05) is 6.07 Å². The summed E-state index contributed by atoms with van der Waals surface area (Å²) < 4.78 is 13.4. The zero-order chi connectivity index (χ0) is 19.1. The zero-order valence-electron chi connectivity index (χ0n) is 14.9. The van der Waals surface area contributed by atoms with Crippen molar-refractivity contribution in [2.24, 2.45) is 7.05 Å². The number of pyridine rings is 1. The highest BCUT2D eigenvalue weighted by Gasteiger charge is 2.18. The van der Waals surface area contributed by atoms with Crippen LogP contribution in [0.3, 0.4) is 0 Å². The maximum absolute atomic E-state index is 9.17. The molecule has 0 saturated heterocycles. The summed E-state index contributed by atoms with van der Waals surface area (Å²) in [5.74, 6) is 1.26. The molecule has 2 heterocycles. The molecule has 134 valence electrons. The van der Waals surface area contributed by atoms with Gasteiger partial charge in [0.1, 0.15) is 11.8 Å². The number of hydrogen-bond donors (Lipinski definition) is 0. The van der Waals surface area contributed by atoms with Crippen LogP contribution in [-0.4, -0.2) is 29.0 Å². The quantitative estimate of drug-likeness (QED) is 0.487. The molecule has 0 fully saturated rings. The van der Waals surface area contributed by atoms with E-state index in [0.717, 1.165) is 37.5 Å². The molecule has 0 amide bonds. The SMILES string of the molecule is COc1cc2ncc3c(c(-c4ccc(C#N)c(Br)c4)nn3C)c2cc1OC. The minimum Gasteiger partial charge on any atom is -0.493 e.